The molecular weight excluding hydrogens is 286 g/mol. The molecule has 0 bridgehead atoms. The molecule has 2 aromatic heterocycles. The van der Waals surface area contributed by atoms with Crippen molar-refractivity contribution in [2.45, 2.75) is 39.0 Å². The monoisotopic (exact) mass is 311 g/mol. The lowest BCUT2D eigenvalue weighted by Gasteiger charge is -2.14. The van der Waals surface area contributed by atoms with Crippen molar-refractivity contribution in [2.75, 3.05) is 25.0 Å². The minimum Gasteiger partial charge on any atom is -0.370 e. The third-order valence-corrected chi connectivity index (χ3v) is 4.23. The van der Waals surface area contributed by atoms with Gasteiger partial charge in [-0.1, -0.05) is 6.92 Å². The molecule has 0 saturated heterocycles. The van der Waals surface area contributed by atoms with Crippen LogP contribution in [0.15, 0.2) is 24.5 Å². The first-order valence-corrected chi connectivity index (χ1v) is 8.59. The summed E-state index contributed by atoms with van der Waals surface area (Å²) in [6.45, 7) is 5.06. The average Bonchev–Trinajstić information content (AvgIpc) is 2.84. The van der Waals surface area contributed by atoms with E-state index in [-0.39, 0.29) is 0 Å². The topological polar surface area (TPSA) is 62.7 Å². The summed E-state index contributed by atoms with van der Waals surface area (Å²) in [7, 11) is 0. The number of hydrogen-bond acceptors (Lipinski definition) is 5. The van der Waals surface area contributed by atoms with Crippen molar-refractivity contribution in [3.63, 3.8) is 0 Å². The molecule has 5 nitrogen and oxygen atoms in total. The SMILES string of the molecule is CCc1nc2c(c(NCCCc3ccncc3)n1)CCNCC2. The van der Waals surface area contributed by atoms with Gasteiger partial charge in [0.05, 0.1) is 5.69 Å². The number of nitrogens with one attached hydrogen (secondary N) is 2. The summed E-state index contributed by atoms with van der Waals surface area (Å²) in [5.41, 5.74) is 3.86. The highest BCUT2D eigenvalue weighted by Crippen LogP contribution is 2.20. The lowest BCUT2D eigenvalue weighted by molar-refractivity contribution is 0.708. The van der Waals surface area contributed by atoms with E-state index in [0.717, 1.165) is 63.4 Å². The van der Waals surface area contributed by atoms with Crippen LogP contribution in [0.2, 0.25) is 0 Å². The average molecular weight is 311 g/mol. The second-order valence-corrected chi connectivity index (χ2v) is 5.90. The van der Waals surface area contributed by atoms with Crippen LogP contribution in [0.5, 0.6) is 0 Å². The molecule has 0 aromatic carbocycles. The van der Waals surface area contributed by atoms with Gasteiger partial charge in [0, 0.05) is 43.9 Å². The number of fused-ring (bicyclic) bond motifs is 1. The zero-order valence-electron chi connectivity index (χ0n) is 13.8. The standard InChI is InChI=1S/C18H25N5/c1-2-17-22-16-8-13-20-12-7-15(16)18(23-17)21-9-3-4-14-5-10-19-11-6-14/h5-6,10-11,20H,2-4,7-9,12-13H2,1H3,(H,21,22,23). The molecule has 0 fully saturated rings. The quantitative estimate of drug-likeness (QED) is 0.801. The van der Waals surface area contributed by atoms with E-state index in [1.165, 1.54) is 16.8 Å². The van der Waals surface area contributed by atoms with Gasteiger partial charge in [-0.2, -0.15) is 0 Å². The molecule has 0 unspecified atom stereocenters. The van der Waals surface area contributed by atoms with E-state index in [1.807, 2.05) is 12.4 Å². The molecule has 2 aromatic rings. The van der Waals surface area contributed by atoms with Crippen molar-refractivity contribution in [3.05, 3.63) is 47.2 Å². The van der Waals surface area contributed by atoms with Crippen LogP contribution in [-0.4, -0.2) is 34.6 Å². The molecule has 0 saturated carbocycles. The van der Waals surface area contributed by atoms with Gasteiger partial charge in [-0.3, -0.25) is 4.98 Å². The van der Waals surface area contributed by atoms with Crippen LogP contribution in [0.3, 0.4) is 0 Å². The highest BCUT2D eigenvalue weighted by atomic mass is 15.0. The van der Waals surface area contributed by atoms with E-state index in [4.69, 9.17) is 9.97 Å². The Labute approximate surface area is 138 Å². The zero-order chi connectivity index (χ0) is 15.9. The third kappa shape index (κ3) is 4.26. The Hall–Kier alpha value is -2.01. The van der Waals surface area contributed by atoms with Gasteiger partial charge in [-0.25, -0.2) is 9.97 Å². The molecule has 0 aliphatic carbocycles. The Balaban J connectivity index is 1.64. The van der Waals surface area contributed by atoms with E-state index < -0.39 is 0 Å². The highest BCUT2D eigenvalue weighted by molar-refractivity contribution is 5.47. The first-order valence-electron chi connectivity index (χ1n) is 8.59. The molecule has 5 heteroatoms. The summed E-state index contributed by atoms with van der Waals surface area (Å²) in [4.78, 5) is 13.5. The number of aryl methyl sites for hydroxylation is 2. The molecule has 3 heterocycles. The smallest absolute Gasteiger partial charge is 0.133 e. The van der Waals surface area contributed by atoms with Gasteiger partial charge in [-0.15, -0.1) is 0 Å². The molecule has 3 rings (SSSR count). The largest absolute Gasteiger partial charge is 0.370 e. The predicted octanol–water partition coefficient (Wildman–Crippen LogP) is 2.17. The summed E-state index contributed by atoms with van der Waals surface area (Å²) < 4.78 is 0. The zero-order valence-corrected chi connectivity index (χ0v) is 13.8. The van der Waals surface area contributed by atoms with Crippen molar-refractivity contribution >= 4 is 5.82 Å². The summed E-state index contributed by atoms with van der Waals surface area (Å²) in [6, 6.07) is 4.16. The van der Waals surface area contributed by atoms with Crippen LogP contribution in [0.1, 0.15) is 36.0 Å². The highest BCUT2D eigenvalue weighted by Gasteiger charge is 2.15. The van der Waals surface area contributed by atoms with Gasteiger partial charge in [-0.05, 0) is 43.5 Å². The van der Waals surface area contributed by atoms with Crippen LogP contribution in [0, 0.1) is 0 Å². The van der Waals surface area contributed by atoms with E-state index in [2.05, 4.69) is 34.7 Å². The summed E-state index contributed by atoms with van der Waals surface area (Å²) in [6.07, 6.45) is 8.74. The van der Waals surface area contributed by atoms with Crippen molar-refractivity contribution in [1.29, 1.82) is 0 Å². The predicted molar refractivity (Wildman–Crippen MR) is 92.7 cm³/mol. The van der Waals surface area contributed by atoms with E-state index in [1.54, 1.807) is 0 Å². The van der Waals surface area contributed by atoms with E-state index in [0.29, 0.717) is 0 Å². The Morgan fingerprint density at radius 1 is 1.13 bits per heavy atom. The van der Waals surface area contributed by atoms with Crippen LogP contribution >= 0.6 is 0 Å². The maximum Gasteiger partial charge on any atom is 0.133 e. The van der Waals surface area contributed by atoms with Crippen molar-refractivity contribution in [2.24, 2.45) is 0 Å². The second kappa shape index (κ2) is 8.02. The molecule has 0 spiro atoms. The van der Waals surface area contributed by atoms with Crippen LogP contribution in [0.4, 0.5) is 5.82 Å². The summed E-state index contributed by atoms with van der Waals surface area (Å²) in [5, 5.41) is 7.00. The van der Waals surface area contributed by atoms with Crippen LogP contribution in [-0.2, 0) is 25.7 Å². The molecule has 1 aliphatic rings. The molecule has 1 aliphatic heterocycles. The van der Waals surface area contributed by atoms with Gasteiger partial charge < -0.3 is 10.6 Å². The van der Waals surface area contributed by atoms with Gasteiger partial charge in [0.2, 0.25) is 0 Å². The third-order valence-electron chi connectivity index (χ3n) is 4.23. The fraction of sp³-hybridized carbons (Fsp3) is 0.500. The Bertz CT molecular complexity index is 627. The maximum absolute atomic E-state index is 4.73. The minimum atomic E-state index is 0.881. The molecule has 0 radical (unpaired) electrons. The van der Waals surface area contributed by atoms with E-state index >= 15 is 0 Å². The number of rotatable bonds is 6. The first-order chi connectivity index (χ1) is 11.4. The number of pyridine rings is 1. The number of hydrogen-bond donors (Lipinski definition) is 2. The molecule has 0 amide bonds. The molecule has 122 valence electrons. The van der Waals surface area contributed by atoms with Gasteiger partial charge in [0.15, 0.2) is 0 Å². The summed E-state index contributed by atoms with van der Waals surface area (Å²) in [5.74, 6) is 1.99. The van der Waals surface area contributed by atoms with Gasteiger partial charge in [0.1, 0.15) is 11.6 Å². The van der Waals surface area contributed by atoms with Crippen molar-refractivity contribution < 1.29 is 0 Å². The normalized spacial score (nSPS) is 14.1. The molecule has 2 N–H and O–H groups in total. The Morgan fingerprint density at radius 3 is 2.78 bits per heavy atom. The number of anilines is 1. The van der Waals surface area contributed by atoms with Crippen LogP contribution < -0.4 is 10.6 Å². The fourth-order valence-corrected chi connectivity index (χ4v) is 2.95. The number of nitrogens with zero attached hydrogens (tertiary/aromatic N) is 3. The first kappa shape index (κ1) is 15.9. The van der Waals surface area contributed by atoms with Gasteiger partial charge >= 0.3 is 0 Å². The summed E-state index contributed by atoms with van der Waals surface area (Å²) >= 11 is 0. The van der Waals surface area contributed by atoms with Gasteiger partial charge in [0.25, 0.3) is 0 Å². The minimum absolute atomic E-state index is 0.881. The lowest BCUT2D eigenvalue weighted by Crippen LogP contribution is -2.16. The molecule has 23 heavy (non-hydrogen) atoms. The van der Waals surface area contributed by atoms with Crippen LogP contribution in [0.25, 0.3) is 0 Å². The molecule has 0 atom stereocenters. The van der Waals surface area contributed by atoms with E-state index in [9.17, 15) is 0 Å². The molecular formula is C18H25N5. The second-order valence-electron chi connectivity index (χ2n) is 5.90. The fourth-order valence-electron chi connectivity index (χ4n) is 2.95. The Kier molecular flexibility index (Phi) is 5.53. The van der Waals surface area contributed by atoms with Crippen molar-refractivity contribution in [1.82, 2.24) is 20.3 Å². The van der Waals surface area contributed by atoms with Crippen molar-refractivity contribution in [3.8, 4) is 0 Å². The maximum atomic E-state index is 4.73. The Morgan fingerprint density at radius 2 is 1.96 bits per heavy atom. The lowest BCUT2D eigenvalue weighted by atomic mass is 10.1. The number of aromatic nitrogens is 3.